The third kappa shape index (κ3) is 1.61. The Bertz CT molecular complexity index is 511. The van der Waals surface area contributed by atoms with Gasteiger partial charge in [-0.05, 0) is 36.0 Å². The van der Waals surface area contributed by atoms with Crippen molar-refractivity contribution >= 4 is 11.6 Å². The summed E-state index contributed by atoms with van der Waals surface area (Å²) in [4.78, 5) is 13.8. The number of hydrogen-bond donors (Lipinski definition) is 0. The highest BCUT2D eigenvalue weighted by atomic mass is 16.2. The molecule has 0 aromatic heterocycles. The van der Waals surface area contributed by atoms with Crippen LogP contribution < -0.4 is 4.90 Å². The summed E-state index contributed by atoms with van der Waals surface area (Å²) in [6.07, 6.45) is 3.98. The Morgan fingerprint density at radius 3 is 2.76 bits per heavy atom. The van der Waals surface area contributed by atoms with E-state index in [1.165, 1.54) is 11.1 Å². The normalized spacial score (nSPS) is 17.6. The SMILES string of the molecule is N#CCc1cc2c3c(c1)CCC(=O)N3CCC2. The van der Waals surface area contributed by atoms with E-state index >= 15 is 0 Å². The first-order chi connectivity index (χ1) is 8.29. The monoisotopic (exact) mass is 226 g/mol. The molecule has 2 heterocycles. The van der Waals surface area contributed by atoms with E-state index in [2.05, 4.69) is 18.2 Å². The Morgan fingerprint density at radius 2 is 2.00 bits per heavy atom. The van der Waals surface area contributed by atoms with Gasteiger partial charge in [0.05, 0.1) is 18.2 Å². The maximum Gasteiger partial charge on any atom is 0.227 e. The van der Waals surface area contributed by atoms with Crippen LogP contribution in [0.2, 0.25) is 0 Å². The smallest absolute Gasteiger partial charge is 0.227 e. The van der Waals surface area contributed by atoms with Gasteiger partial charge in [-0.3, -0.25) is 4.79 Å². The summed E-state index contributed by atoms with van der Waals surface area (Å²) < 4.78 is 0. The summed E-state index contributed by atoms with van der Waals surface area (Å²) in [7, 11) is 0. The third-order valence-corrected chi connectivity index (χ3v) is 3.62. The van der Waals surface area contributed by atoms with Crippen molar-refractivity contribution in [3.05, 3.63) is 28.8 Å². The van der Waals surface area contributed by atoms with Gasteiger partial charge in [-0.2, -0.15) is 5.26 Å². The van der Waals surface area contributed by atoms with Gasteiger partial charge in [0.2, 0.25) is 5.91 Å². The van der Waals surface area contributed by atoms with Crippen molar-refractivity contribution in [2.45, 2.75) is 32.1 Å². The molecule has 3 rings (SSSR count). The lowest BCUT2D eigenvalue weighted by Gasteiger charge is -2.35. The van der Waals surface area contributed by atoms with Crippen LogP contribution in [0.4, 0.5) is 5.69 Å². The first-order valence-corrected chi connectivity index (χ1v) is 6.11. The predicted octanol–water partition coefficient (Wildman–Crippen LogP) is 1.98. The largest absolute Gasteiger partial charge is 0.312 e. The number of nitrogens with zero attached hydrogens (tertiary/aromatic N) is 2. The Hall–Kier alpha value is -1.82. The van der Waals surface area contributed by atoms with Crippen LogP contribution in [-0.2, 0) is 24.1 Å². The van der Waals surface area contributed by atoms with Gasteiger partial charge in [-0.1, -0.05) is 12.1 Å². The number of amides is 1. The Morgan fingerprint density at radius 1 is 1.24 bits per heavy atom. The number of carbonyl (C=O) groups is 1. The summed E-state index contributed by atoms with van der Waals surface area (Å²) >= 11 is 0. The molecule has 3 heteroatoms. The minimum Gasteiger partial charge on any atom is -0.312 e. The second-order valence-corrected chi connectivity index (χ2v) is 4.75. The van der Waals surface area contributed by atoms with Gasteiger partial charge in [0.15, 0.2) is 0 Å². The number of nitriles is 1. The lowest BCUT2D eigenvalue weighted by atomic mass is 9.89. The van der Waals surface area contributed by atoms with Crippen molar-refractivity contribution < 1.29 is 4.79 Å². The van der Waals surface area contributed by atoms with Crippen molar-refractivity contribution in [1.82, 2.24) is 0 Å². The van der Waals surface area contributed by atoms with Gasteiger partial charge in [0.25, 0.3) is 0 Å². The molecule has 1 aromatic rings. The van der Waals surface area contributed by atoms with Gasteiger partial charge >= 0.3 is 0 Å². The molecule has 0 bridgehead atoms. The second kappa shape index (κ2) is 3.89. The number of rotatable bonds is 1. The zero-order valence-electron chi connectivity index (χ0n) is 9.70. The van der Waals surface area contributed by atoms with E-state index in [0.717, 1.165) is 37.1 Å². The average molecular weight is 226 g/mol. The minimum absolute atomic E-state index is 0.256. The molecule has 0 saturated heterocycles. The summed E-state index contributed by atoms with van der Waals surface area (Å²) in [5.41, 5.74) is 4.76. The van der Waals surface area contributed by atoms with Gasteiger partial charge in [-0.25, -0.2) is 0 Å². The molecule has 1 amide bonds. The molecule has 0 spiro atoms. The van der Waals surface area contributed by atoms with E-state index in [1.54, 1.807) is 0 Å². The van der Waals surface area contributed by atoms with Crippen LogP contribution in [0.25, 0.3) is 0 Å². The number of benzene rings is 1. The van der Waals surface area contributed by atoms with Gasteiger partial charge in [0, 0.05) is 13.0 Å². The second-order valence-electron chi connectivity index (χ2n) is 4.75. The highest BCUT2D eigenvalue weighted by Gasteiger charge is 2.29. The van der Waals surface area contributed by atoms with Crippen LogP contribution in [0.1, 0.15) is 29.5 Å². The fourth-order valence-corrected chi connectivity index (χ4v) is 2.92. The summed E-state index contributed by atoms with van der Waals surface area (Å²) in [6.45, 7) is 0.858. The van der Waals surface area contributed by atoms with E-state index in [1.807, 2.05) is 4.90 Å². The number of aryl methyl sites for hydroxylation is 2. The highest BCUT2D eigenvalue weighted by Crippen LogP contribution is 2.36. The van der Waals surface area contributed by atoms with E-state index in [0.29, 0.717) is 12.8 Å². The van der Waals surface area contributed by atoms with E-state index < -0.39 is 0 Å². The molecule has 0 fully saturated rings. The number of carbonyl (C=O) groups excluding carboxylic acids is 1. The molecule has 0 radical (unpaired) electrons. The Labute approximate surface area is 101 Å². The quantitative estimate of drug-likeness (QED) is 0.735. The molecule has 3 nitrogen and oxygen atoms in total. The molecule has 0 aliphatic carbocycles. The molecular weight excluding hydrogens is 212 g/mol. The van der Waals surface area contributed by atoms with E-state index in [-0.39, 0.29) is 5.91 Å². The lowest BCUT2D eigenvalue weighted by molar-refractivity contribution is -0.119. The molecule has 2 aliphatic heterocycles. The van der Waals surface area contributed by atoms with Gasteiger partial charge in [0.1, 0.15) is 0 Å². The van der Waals surface area contributed by atoms with Crippen LogP contribution in [0.5, 0.6) is 0 Å². The molecule has 0 unspecified atom stereocenters. The third-order valence-electron chi connectivity index (χ3n) is 3.62. The maximum atomic E-state index is 11.9. The fourth-order valence-electron chi connectivity index (χ4n) is 2.92. The highest BCUT2D eigenvalue weighted by molar-refractivity contribution is 5.97. The molecule has 86 valence electrons. The lowest BCUT2D eigenvalue weighted by Crippen LogP contribution is -2.39. The summed E-state index contributed by atoms with van der Waals surface area (Å²) in [5, 5.41) is 8.78. The molecule has 0 atom stereocenters. The topological polar surface area (TPSA) is 44.1 Å². The molecule has 0 N–H and O–H groups in total. The minimum atomic E-state index is 0.256. The fraction of sp³-hybridized carbons (Fsp3) is 0.429. The van der Waals surface area contributed by atoms with Crippen LogP contribution in [0, 0.1) is 11.3 Å². The van der Waals surface area contributed by atoms with Gasteiger partial charge < -0.3 is 4.90 Å². The standard InChI is InChI=1S/C14H14N2O/c15-6-5-10-8-11-2-1-7-16-13(17)4-3-12(9-10)14(11)16/h8-9H,1-5,7H2. The van der Waals surface area contributed by atoms with Crippen LogP contribution >= 0.6 is 0 Å². The summed E-state index contributed by atoms with van der Waals surface area (Å²) in [6, 6.07) is 6.41. The van der Waals surface area contributed by atoms with Crippen molar-refractivity contribution in [3.8, 4) is 6.07 Å². The van der Waals surface area contributed by atoms with E-state index in [9.17, 15) is 4.79 Å². The molecule has 17 heavy (non-hydrogen) atoms. The Kier molecular flexibility index (Phi) is 2.36. The maximum absolute atomic E-state index is 11.9. The van der Waals surface area contributed by atoms with Crippen LogP contribution in [0.15, 0.2) is 12.1 Å². The zero-order chi connectivity index (χ0) is 11.8. The predicted molar refractivity (Wildman–Crippen MR) is 64.8 cm³/mol. The van der Waals surface area contributed by atoms with Crippen LogP contribution in [0.3, 0.4) is 0 Å². The molecule has 0 saturated carbocycles. The molecule has 2 aliphatic rings. The van der Waals surface area contributed by atoms with Gasteiger partial charge in [-0.15, -0.1) is 0 Å². The Balaban J connectivity index is 2.14. The van der Waals surface area contributed by atoms with Crippen molar-refractivity contribution in [3.63, 3.8) is 0 Å². The average Bonchev–Trinajstić information content (AvgIpc) is 2.34. The number of anilines is 1. The van der Waals surface area contributed by atoms with Crippen LogP contribution in [-0.4, -0.2) is 12.5 Å². The zero-order valence-corrected chi connectivity index (χ0v) is 9.70. The molecular formula is C14H14N2O. The van der Waals surface area contributed by atoms with Crippen molar-refractivity contribution in [2.75, 3.05) is 11.4 Å². The van der Waals surface area contributed by atoms with Crippen molar-refractivity contribution in [2.24, 2.45) is 0 Å². The first-order valence-electron chi connectivity index (χ1n) is 6.11. The van der Waals surface area contributed by atoms with E-state index in [4.69, 9.17) is 5.26 Å². The van der Waals surface area contributed by atoms with Crippen molar-refractivity contribution in [1.29, 1.82) is 5.26 Å². The molecule has 1 aromatic carbocycles. The number of hydrogen-bond acceptors (Lipinski definition) is 2. The summed E-state index contributed by atoms with van der Waals surface area (Å²) in [5.74, 6) is 0.256. The first kappa shape index (κ1) is 10.3.